The second-order valence-corrected chi connectivity index (χ2v) is 8.56. The fourth-order valence-electron chi connectivity index (χ4n) is 2.68. The minimum Gasteiger partial charge on any atom is -0.483 e. The summed E-state index contributed by atoms with van der Waals surface area (Å²) < 4.78 is 11.8. The Hall–Kier alpha value is -2.45. The van der Waals surface area contributed by atoms with Crippen LogP contribution in [0.5, 0.6) is 5.75 Å². The van der Waals surface area contributed by atoms with Crippen LogP contribution >= 0.6 is 28.1 Å². The molecule has 0 fully saturated rings. The number of ether oxygens (including phenoxy) is 2. The number of halogens is 1. The zero-order valence-corrected chi connectivity index (χ0v) is 20.5. The number of rotatable bonds is 8. The van der Waals surface area contributed by atoms with Crippen LogP contribution in [0, 0.1) is 6.92 Å². The van der Waals surface area contributed by atoms with E-state index in [1.807, 2.05) is 26.0 Å². The van der Waals surface area contributed by atoms with Crippen molar-refractivity contribution in [2.24, 2.45) is 0 Å². The molecule has 8 heteroatoms. The fraction of sp³-hybridized carbons (Fsp3) is 0.348. The molecular formula is C23H27BrN2O4S. The first-order chi connectivity index (χ1) is 14.7. The van der Waals surface area contributed by atoms with Crippen molar-refractivity contribution in [1.82, 2.24) is 5.32 Å². The summed E-state index contributed by atoms with van der Waals surface area (Å²) in [5, 5.41) is 5.65. The summed E-state index contributed by atoms with van der Waals surface area (Å²) >= 11 is 8.72. The number of carbonyl (C=O) groups is 2. The number of aryl methyl sites for hydroxylation is 1. The number of hydrogen-bond donors (Lipinski definition) is 2. The topological polar surface area (TPSA) is 76.7 Å². The minimum absolute atomic E-state index is 0.144. The molecule has 31 heavy (non-hydrogen) atoms. The van der Waals surface area contributed by atoms with Gasteiger partial charge in [0.15, 0.2) is 11.7 Å². The number of esters is 1. The van der Waals surface area contributed by atoms with Gasteiger partial charge in [0.2, 0.25) is 0 Å². The highest BCUT2D eigenvalue weighted by Gasteiger charge is 2.13. The van der Waals surface area contributed by atoms with E-state index < -0.39 is 0 Å². The highest BCUT2D eigenvalue weighted by Crippen LogP contribution is 2.32. The molecule has 2 rings (SSSR count). The van der Waals surface area contributed by atoms with Gasteiger partial charge in [0, 0.05) is 10.2 Å². The van der Waals surface area contributed by atoms with E-state index in [4.69, 9.17) is 21.7 Å². The maximum absolute atomic E-state index is 12.3. The van der Waals surface area contributed by atoms with E-state index in [0.717, 1.165) is 22.0 Å². The van der Waals surface area contributed by atoms with Crippen molar-refractivity contribution >= 4 is 50.8 Å². The van der Waals surface area contributed by atoms with Crippen LogP contribution in [0.4, 0.5) is 5.69 Å². The van der Waals surface area contributed by atoms with Gasteiger partial charge >= 0.3 is 5.97 Å². The first-order valence-electron chi connectivity index (χ1n) is 10.0. The molecule has 0 unspecified atom stereocenters. The quantitative estimate of drug-likeness (QED) is 0.371. The normalized spacial score (nSPS) is 10.5. The molecule has 0 spiro atoms. The van der Waals surface area contributed by atoms with Crippen LogP contribution in [0.1, 0.15) is 54.6 Å². The van der Waals surface area contributed by atoms with Crippen LogP contribution in [-0.4, -0.2) is 30.2 Å². The van der Waals surface area contributed by atoms with Gasteiger partial charge in [0.1, 0.15) is 5.75 Å². The number of benzene rings is 2. The third-order valence-electron chi connectivity index (χ3n) is 4.34. The maximum atomic E-state index is 12.3. The summed E-state index contributed by atoms with van der Waals surface area (Å²) in [6.45, 7) is 8.26. The molecule has 0 heterocycles. The lowest BCUT2D eigenvalue weighted by molar-refractivity contribution is -0.121. The summed E-state index contributed by atoms with van der Waals surface area (Å²) in [5.41, 5.74) is 3.14. The summed E-state index contributed by atoms with van der Waals surface area (Å²) in [6, 6.07) is 10.6. The van der Waals surface area contributed by atoms with E-state index in [-0.39, 0.29) is 29.5 Å². The Kier molecular flexibility index (Phi) is 9.45. The summed E-state index contributed by atoms with van der Waals surface area (Å²) in [4.78, 5) is 24.1. The average molecular weight is 507 g/mol. The lowest BCUT2D eigenvalue weighted by Gasteiger charge is -2.16. The summed E-state index contributed by atoms with van der Waals surface area (Å²) in [7, 11) is 0. The standard InChI is InChI=1S/C23H27BrN2O4S/c1-5-10-29-22(28)16-6-8-17(9-7-16)25-23(31)26-21(27)13-30-20-11-15(4)19(24)12-18(20)14(2)3/h6-9,11-12,14H,5,10,13H2,1-4H3,(H2,25,26,27,31). The SMILES string of the molecule is CCCOC(=O)c1ccc(NC(=S)NC(=O)COc2cc(C)c(Br)cc2C(C)C)cc1. The van der Waals surface area contributed by atoms with E-state index in [2.05, 4.69) is 40.4 Å². The van der Waals surface area contributed by atoms with Crippen LogP contribution < -0.4 is 15.4 Å². The molecule has 1 amide bonds. The van der Waals surface area contributed by atoms with Crippen LogP contribution in [0.15, 0.2) is 40.9 Å². The van der Waals surface area contributed by atoms with Crippen molar-refractivity contribution < 1.29 is 19.1 Å². The number of anilines is 1. The molecule has 0 saturated heterocycles. The minimum atomic E-state index is -0.370. The Morgan fingerprint density at radius 3 is 2.45 bits per heavy atom. The largest absolute Gasteiger partial charge is 0.483 e. The average Bonchev–Trinajstić information content (AvgIpc) is 2.72. The Bertz CT molecular complexity index is 945. The number of amides is 1. The molecule has 0 radical (unpaired) electrons. The van der Waals surface area contributed by atoms with Crippen LogP contribution in [-0.2, 0) is 9.53 Å². The van der Waals surface area contributed by atoms with Crippen molar-refractivity contribution in [2.45, 2.75) is 40.0 Å². The third-order valence-corrected chi connectivity index (χ3v) is 5.40. The Balaban J connectivity index is 1.89. The molecule has 166 valence electrons. The fourth-order valence-corrected chi connectivity index (χ4v) is 3.28. The number of nitrogens with one attached hydrogen (secondary N) is 2. The highest BCUT2D eigenvalue weighted by molar-refractivity contribution is 9.10. The van der Waals surface area contributed by atoms with Gasteiger partial charge in [-0.05, 0) is 79.0 Å². The van der Waals surface area contributed by atoms with E-state index in [1.54, 1.807) is 24.3 Å². The number of hydrogen-bond acceptors (Lipinski definition) is 5. The molecule has 0 aliphatic carbocycles. The monoisotopic (exact) mass is 506 g/mol. The molecule has 2 aromatic rings. The third kappa shape index (κ3) is 7.63. The summed E-state index contributed by atoms with van der Waals surface area (Å²) in [6.07, 6.45) is 0.767. The van der Waals surface area contributed by atoms with Gasteiger partial charge in [-0.2, -0.15) is 0 Å². The molecule has 2 N–H and O–H groups in total. The molecule has 0 aromatic heterocycles. The molecule has 0 bridgehead atoms. The summed E-state index contributed by atoms with van der Waals surface area (Å²) in [5.74, 6) is 0.188. The lowest BCUT2D eigenvalue weighted by Crippen LogP contribution is -2.37. The van der Waals surface area contributed by atoms with Crippen molar-refractivity contribution in [3.05, 3.63) is 57.6 Å². The lowest BCUT2D eigenvalue weighted by atomic mass is 10.0. The molecule has 0 aliphatic rings. The smallest absolute Gasteiger partial charge is 0.338 e. The van der Waals surface area contributed by atoms with Crippen molar-refractivity contribution in [1.29, 1.82) is 0 Å². The van der Waals surface area contributed by atoms with Gasteiger partial charge in [-0.15, -0.1) is 0 Å². The number of carbonyl (C=O) groups excluding carboxylic acids is 2. The van der Waals surface area contributed by atoms with Gasteiger partial charge in [0.05, 0.1) is 12.2 Å². The first kappa shape index (κ1) is 24.8. The molecule has 0 aliphatic heterocycles. The van der Waals surface area contributed by atoms with Crippen LogP contribution in [0.3, 0.4) is 0 Å². The second-order valence-electron chi connectivity index (χ2n) is 7.30. The van der Waals surface area contributed by atoms with E-state index in [1.165, 1.54) is 0 Å². The zero-order chi connectivity index (χ0) is 23.0. The zero-order valence-electron chi connectivity index (χ0n) is 18.1. The first-order valence-corrected chi connectivity index (χ1v) is 11.2. The van der Waals surface area contributed by atoms with Crippen molar-refractivity contribution in [3.63, 3.8) is 0 Å². The van der Waals surface area contributed by atoms with Crippen LogP contribution in [0.2, 0.25) is 0 Å². The van der Waals surface area contributed by atoms with Gasteiger partial charge in [-0.25, -0.2) is 4.79 Å². The molecule has 2 aromatic carbocycles. The highest BCUT2D eigenvalue weighted by atomic mass is 79.9. The number of thiocarbonyl (C=S) groups is 1. The second kappa shape index (κ2) is 11.8. The van der Waals surface area contributed by atoms with Crippen LogP contribution in [0.25, 0.3) is 0 Å². The van der Waals surface area contributed by atoms with Gasteiger partial charge in [-0.3, -0.25) is 10.1 Å². The van der Waals surface area contributed by atoms with E-state index in [9.17, 15) is 9.59 Å². The van der Waals surface area contributed by atoms with E-state index in [0.29, 0.717) is 23.6 Å². The predicted molar refractivity (Wildman–Crippen MR) is 130 cm³/mol. The predicted octanol–water partition coefficient (Wildman–Crippen LogP) is 5.34. The molecule has 6 nitrogen and oxygen atoms in total. The molecule has 0 saturated carbocycles. The molecular weight excluding hydrogens is 480 g/mol. The Morgan fingerprint density at radius 2 is 1.84 bits per heavy atom. The maximum Gasteiger partial charge on any atom is 0.338 e. The van der Waals surface area contributed by atoms with E-state index >= 15 is 0 Å². The van der Waals surface area contributed by atoms with Crippen molar-refractivity contribution in [2.75, 3.05) is 18.5 Å². The Morgan fingerprint density at radius 1 is 1.16 bits per heavy atom. The molecule has 0 atom stereocenters. The Labute approximate surface area is 196 Å². The van der Waals surface area contributed by atoms with Gasteiger partial charge in [0.25, 0.3) is 5.91 Å². The van der Waals surface area contributed by atoms with Crippen molar-refractivity contribution in [3.8, 4) is 5.75 Å². The van der Waals surface area contributed by atoms with Gasteiger partial charge in [-0.1, -0.05) is 36.7 Å². The van der Waals surface area contributed by atoms with Gasteiger partial charge < -0.3 is 14.8 Å².